The van der Waals surface area contributed by atoms with Crippen LogP contribution < -0.4 is 5.73 Å². The topological polar surface area (TPSA) is 82.2 Å². The van der Waals surface area contributed by atoms with Crippen LogP contribution in [0.5, 0.6) is 0 Å². The van der Waals surface area contributed by atoms with Gasteiger partial charge in [-0.1, -0.05) is 12.1 Å². The second-order valence-corrected chi connectivity index (χ2v) is 5.21. The van der Waals surface area contributed by atoms with Gasteiger partial charge in [-0.25, -0.2) is 0 Å². The first-order valence-corrected chi connectivity index (χ1v) is 6.75. The summed E-state index contributed by atoms with van der Waals surface area (Å²) in [7, 11) is 4.01. The Morgan fingerprint density at radius 3 is 2.26 bits per heavy atom. The summed E-state index contributed by atoms with van der Waals surface area (Å²) >= 11 is 0. The maximum atomic E-state index is 12.5. The molecule has 0 aromatic rings. The van der Waals surface area contributed by atoms with E-state index in [9.17, 15) is 4.79 Å². The van der Waals surface area contributed by atoms with Crippen molar-refractivity contribution < 1.29 is 10.0 Å². The van der Waals surface area contributed by atoms with Crippen molar-refractivity contribution in [2.75, 3.05) is 33.7 Å². The van der Waals surface area contributed by atoms with Crippen molar-refractivity contribution >= 4 is 11.7 Å². The molecule has 0 rings (SSSR count). The minimum absolute atomic E-state index is 0.0222. The number of hydrogen-bond donors (Lipinski definition) is 2. The average molecular weight is 272 g/mol. The maximum Gasteiger partial charge on any atom is 0.236 e. The van der Waals surface area contributed by atoms with Gasteiger partial charge in [-0.05, 0) is 47.3 Å². The van der Waals surface area contributed by atoms with Crippen LogP contribution in [0.2, 0.25) is 0 Å². The number of rotatable bonds is 8. The van der Waals surface area contributed by atoms with Crippen molar-refractivity contribution in [3.05, 3.63) is 0 Å². The summed E-state index contributed by atoms with van der Waals surface area (Å²) in [5, 5.41) is 11.9. The molecule has 0 aromatic heterocycles. The van der Waals surface area contributed by atoms with E-state index in [4.69, 9.17) is 10.9 Å². The molecule has 0 aliphatic carbocycles. The summed E-state index contributed by atoms with van der Waals surface area (Å²) in [6.07, 6.45) is 1.41. The summed E-state index contributed by atoms with van der Waals surface area (Å²) in [4.78, 5) is 16.4. The van der Waals surface area contributed by atoms with Crippen LogP contribution in [0.3, 0.4) is 0 Å². The lowest BCUT2D eigenvalue weighted by Gasteiger charge is -2.32. The molecule has 1 unspecified atom stereocenters. The van der Waals surface area contributed by atoms with Crippen LogP contribution in [-0.2, 0) is 4.79 Å². The molecular formula is C13H28N4O2. The SMILES string of the molecule is CCN(CCCN(C)C)C(=O)C(C)(CC)C(N)=NO. The van der Waals surface area contributed by atoms with E-state index < -0.39 is 5.41 Å². The van der Waals surface area contributed by atoms with E-state index in [1.807, 2.05) is 27.9 Å². The molecule has 0 heterocycles. The minimum atomic E-state index is -0.928. The molecular weight excluding hydrogens is 244 g/mol. The molecule has 112 valence electrons. The van der Waals surface area contributed by atoms with Gasteiger partial charge >= 0.3 is 0 Å². The second-order valence-electron chi connectivity index (χ2n) is 5.21. The first-order chi connectivity index (χ1) is 8.83. The van der Waals surface area contributed by atoms with Crippen LogP contribution in [0, 0.1) is 5.41 Å². The standard InChI is InChI=1S/C13H28N4O2/c1-6-13(3,11(14)15-19)12(18)17(7-2)10-8-9-16(4)5/h19H,6-10H2,1-5H3,(H2,14,15). The van der Waals surface area contributed by atoms with Gasteiger partial charge in [0.05, 0.1) is 0 Å². The minimum Gasteiger partial charge on any atom is -0.409 e. The Morgan fingerprint density at radius 1 is 1.32 bits per heavy atom. The smallest absolute Gasteiger partial charge is 0.236 e. The Balaban J connectivity index is 4.81. The van der Waals surface area contributed by atoms with Crippen molar-refractivity contribution in [3.63, 3.8) is 0 Å². The summed E-state index contributed by atoms with van der Waals surface area (Å²) < 4.78 is 0. The van der Waals surface area contributed by atoms with Crippen LogP contribution in [0.4, 0.5) is 0 Å². The normalized spacial score (nSPS) is 15.4. The number of carbonyl (C=O) groups excluding carboxylic acids is 1. The lowest BCUT2D eigenvalue weighted by Crippen LogP contribution is -2.49. The molecule has 3 N–H and O–H groups in total. The van der Waals surface area contributed by atoms with Gasteiger partial charge in [0.2, 0.25) is 5.91 Å². The van der Waals surface area contributed by atoms with Crippen LogP contribution in [-0.4, -0.2) is 60.5 Å². The monoisotopic (exact) mass is 272 g/mol. The zero-order valence-electron chi connectivity index (χ0n) is 12.8. The average Bonchev–Trinajstić information content (AvgIpc) is 2.40. The van der Waals surface area contributed by atoms with Gasteiger partial charge in [0.15, 0.2) is 5.84 Å². The number of amidine groups is 1. The van der Waals surface area contributed by atoms with Gasteiger partial charge in [0, 0.05) is 13.1 Å². The Labute approximate surface area is 116 Å². The summed E-state index contributed by atoms with van der Waals surface area (Å²) in [5.74, 6) is -0.0994. The highest BCUT2D eigenvalue weighted by molar-refractivity contribution is 6.06. The molecule has 1 atom stereocenters. The Hall–Kier alpha value is -1.30. The number of nitrogens with zero attached hydrogens (tertiary/aromatic N) is 3. The van der Waals surface area contributed by atoms with Crippen LogP contribution >= 0.6 is 0 Å². The molecule has 0 aliphatic rings. The third-order valence-corrected chi connectivity index (χ3v) is 3.55. The molecule has 0 saturated carbocycles. The molecule has 0 aromatic carbocycles. The highest BCUT2D eigenvalue weighted by Crippen LogP contribution is 2.24. The fraction of sp³-hybridized carbons (Fsp3) is 0.846. The van der Waals surface area contributed by atoms with E-state index in [1.54, 1.807) is 11.8 Å². The van der Waals surface area contributed by atoms with Gasteiger partial charge in [-0.2, -0.15) is 0 Å². The van der Waals surface area contributed by atoms with Crippen LogP contribution in [0.25, 0.3) is 0 Å². The molecule has 19 heavy (non-hydrogen) atoms. The van der Waals surface area contributed by atoms with E-state index in [0.717, 1.165) is 13.0 Å². The van der Waals surface area contributed by atoms with Crippen LogP contribution in [0.1, 0.15) is 33.6 Å². The zero-order valence-corrected chi connectivity index (χ0v) is 12.8. The van der Waals surface area contributed by atoms with Crippen molar-refractivity contribution in [2.45, 2.75) is 33.6 Å². The molecule has 0 bridgehead atoms. The van der Waals surface area contributed by atoms with E-state index in [1.165, 1.54) is 0 Å². The second kappa shape index (κ2) is 7.99. The lowest BCUT2D eigenvalue weighted by atomic mass is 9.84. The number of amides is 1. The largest absolute Gasteiger partial charge is 0.409 e. The van der Waals surface area contributed by atoms with Crippen molar-refractivity contribution in [1.29, 1.82) is 0 Å². The first kappa shape index (κ1) is 17.7. The summed E-state index contributed by atoms with van der Waals surface area (Å²) in [6, 6.07) is 0. The van der Waals surface area contributed by atoms with Gasteiger partial charge in [0.25, 0.3) is 0 Å². The molecule has 0 fully saturated rings. The molecule has 0 radical (unpaired) electrons. The van der Waals surface area contributed by atoms with E-state index in [2.05, 4.69) is 10.1 Å². The highest BCUT2D eigenvalue weighted by atomic mass is 16.4. The fourth-order valence-electron chi connectivity index (χ4n) is 1.88. The molecule has 6 heteroatoms. The quantitative estimate of drug-likeness (QED) is 0.298. The van der Waals surface area contributed by atoms with E-state index in [0.29, 0.717) is 19.5 Å². The lowest BCUT2D eigenvalue weighted by molar-refractivity contribution is -0.137. The van der Waals surface area contributed by atoms with Crippen LogP contribution in [0.15, 0.2) is 5.16 Å². The molecule has 0 aliphatic heterocycles. The fourth-order valence-corrected chi connectivity index (χ4v) is 1.88. The summed E-state index contributed by atoms with van der Waals surface area (Å²) in [6.45, 7) is 7.76. The van der Waals surface area contributed by atoms with Crippen molar-refractivity contribution in [1.82, 2.24) is 9.80 Å². The van der Waals surface area contributed by atoms with Gasteiger partial charge < -0.3 is 20.7 Å². The Morgan fingerprint density at radius 2 is 1.89 bits per heavy atom. The number of hydrogen-bond acceptors (Lipinski definition) is 4. The number of oxime groups is 1. The third kappa shape index (κ3) is 4.70. The van der Waals surface area contributed by atoms with Gasteiger partial charge in [0.1, 0.15) is 5.41 Å². The molecule has 0 saturated heterocycles. The van der Waals surface area contributed by atoms with E-state index in [-0.39, 0.29) is 11.7 Å². The van der Waals surface area contributed by atoms with Crippen molar-refractivity contribution in [3.8, 4) is 0 Å². The predicted octanol–water partition coefficient (Wildman–Crippen LogP) is 0.949. The third-order valence-electron chi connectivity index (χ3n) is 3.55. The summed E-state index contributed by atoms with van der Waals surface area (Å²) in [5.41, 5.74) is 4.75. The van der Waals surface area contributed by atoms with E-state index >= 15 is 0 Å². The number of carbonyl (C=O) groups is 1. The Kier molecular flexibility index (Phi) is 7.44. The molecule has 1 amide bonds. The zero-order chi connectivity index (χ0) is 15.1. The van der Waals surface area contributed by atoms with Crippen molar-refractivity contribution in [2.24, 2.45) is 16.3 Å². The number of nitrogens with two attached hydrogens (primary N) is 1. The highest BCUT2D eigenvalue weighted by Gasteiger charge is 2.38. The predicted molar refractivity (Wildman–Crippen MR) is 77.2 cm³/mol. The van der Waals surface area contributed by atoms with Gasteiger partial charge in [-0.15, -0.1) is 0 Å². The maximum absolute atomic E-state index is 12.5. The Bertz CT molecular complexity index is 318. The first-order valence-electron chi connectivity index (χ1n) is 6.75. The van der Waals surface area contributed by atoms with Gasteiger partial charge in [-0.3, -0.25) is 4.79 Å². The molecule has 0 spiro atoms. The molecule has 6 nitrogen and oxygen atoms in total.